The zero-order valence-electron chi connectivity index (χ0n) is 10.1. The van der Waals surface area contributed by atoms with Crippen molar-refractivity contribution in [1.29, 1.82) is 0 Å². The van der Waals surface area contributed by atoms with Crippen LogP contribution in [0.15, 0.2) is 18.2 Å². The smallest absolute Gasteiger partial charge is 0.191 e. The van der Waals surface area contributed by atoms with Crippen molar-refractivity contribution in [2.45, 2.75) is 20.1 Å². The Bertz CT molecular complexity index is 341. The third kappa shape index (κ3) is 4.75. The molecule has 17 heavy (non-hydrogen) atoms. The van der Waals surface area contributed by atoms with Crippen molar-refractivity contribution >= 4 is 13.3 Å². The van der Waals surface area contributed by atoms with Crippen LogP contribution in [0.3, 0.4) is 0 Å². The van der Waals surface area contributed by atoms with E-state index in [4.69, 9.17) is 22.1 Å². The van der Waals surface area contributed by atoms with Crippen molar-refractivity contribution < 1.29 is 18.6 Å². The normalized spacial score (nSPS) is 10.8. The summed E-state index contributed by atoms with van der Waals surface area (Å²) in [5.41, 5.74) is 0.0619. The molecule has 0 amide bonds. The number of halogens is 1. The molecule has 0 aliphatic carbocycles. The van der Waals surface area contributed by atoms with Gasteiger partial charge in [-0.1, -0.05) is 5.46 Å². The van der Waals surface area contributed by atoms with Gasteiger partial charge in [0, 0.05) is 13.2 Å². The quantitative estimate of drug-likeness (QED) is 0.530. The van der Waals surface area contributed by atoms with E-state index in [1.807, 2.05) is 13.8 Å². The highest BCUT2D eigenvalue weighted by molar-refractivity contribution is 6.32. The SMILES string of the molecule is [B]c1cc(OCC(OCC)OCC)ccc1F. The van der Waals surface area contributed by atoms with Crippen LogP contribution in [0, 0.1) is 5.82 Å². The molecule has 1 aromatic rings. The largest absolute Gasteiger partial charge is 0.488 e. The molecule has 0 spiro atoms. The van der Waals surface area contributed by atoms with E-state index in [0.29, 0.717) is 19.0 Å². The van der Waals surface area contributed by atoms with E-state index in [9.17, 15) is 4.39 Å². The van der Waals surface area contributed by atoms with Gasteiger partial charge in [-0.25, -0.2) is 4.39 Å². The Hall–Kier alpha value is -1.07. The van der Waals surface area contributed by atoms with E-state index in [1.165, 1.54) is 18.2 Å². The van der Waals surface area contributed by atoms with Crippen LogP contribution in [0.2, 0.25) is 0 Å². The summed E-state index contributed by atoms with van der Waals surface area (Å²) in [5.74, 6) is 0.0387. The minimum Gasteiger partial charge on any atom is -0.488 e. The third-order valence-electron chi connectivity index (χ3n) is 2.06. The van der Waals surface area contributed by atoms with Gasteiger partial charge >= 0.3 is 0 Å². The second kappa shape index (κ2) is 7.30. The molecular weight excluding hydrogens is 222 g/mol. The molecule has 0 aliphatic rings. The van der Waals surface area contributed by atoms with Gasteiger partial charge in [0.15, 0.2) is 6.29 Å². The summed E-state index contributed by atoms with van der Waals surface area (Å²) in [6, 6.07) is 4.21. The second-order valence-corrected chi connectivity index (χ2v) is 3.33. The summed E-state index contributed by atoms with van der Waals surface area (Å²) >= 11 is 0. The fourth-order valence-corrected chi connectivity index (χ4v) is 1.29. The first-order valence-corrected chi connectivity index (χ1v) is 5.58. The van der Waals surface area contributed by atoms with Crippen molar-refractivity contribution in [1.82, 2.24) is 0 Å². The van der Waals surface area contributed by atoms with Gasteiger partial charge in [-0.2, -0.15) is 0 Å². The fourth-order valence-electron chi connectivity index (χ4n) is 1.29. The number of ether oxygens (including phenoxy) is 3. The van der Waals surface area contributed by atoms with Gasteiger partial charge in [0.25, 0.3) is 0 Å². The highest BCUT2D eigenvalue weighted by Gasteiger charge is 2.09. The molecule has 0 heterocycles. The molecule has 0 aliphatic heterocycles. The predicted molar refractivity (Wildman–Crippen MR) is 64.3 cm³/mol. The molecule has 5 heteroatoms. The van der Waals surface area contributed by atoms with Crippen LogP contribution in [0.25, 0.3) is 0 Å². The maximum Gasteiger partial charge on any atom is 0.191 e. The van der Waals surface area contributed by atoms with Crippen molar-refractivity contribution in [3.8, 4) is 5.75 Å². The zero-order valence-corrected chi connectivity index (χ0v) is 10.1. The Morgan fingerprint density at radius 3 is 2.41 bits per heavy atom. The standard InChI is InChI=1S/C12H16BFO3/c1-3-15-12(16-4-2)8-17-9-5-6-11(14)10(13)7-9/h5-7,12H,3-4,8H2,1-2H3. The van der Waals surface area contributed by atoms with Crippen LogP contribution in [0.5, 0.6) is 5.75 Å². The fraction of sp³-hybridized carbons (Fsp3) is 0.500. The molecule has 0 atom stereocenters. The summed E-state index contributed by atoms with van der Waals surface area (Å²) in [6.45, 7) is 5.08. The summed E-state index contributed by atoms with van der Waals surface area (Å²) in [7, 11) is 5.43. The molecule has 1 aromatic carbocycles. The average molecular weight is 238 g/mol. The van der Waals surface area contributed by atoms with Crippen LogP contribution >= 0.6 is 0 Å². The first-order valence-electron chi connectivity index (χ1n) is 5.58. The molecule has 2 radical (unpaired) electrons. The van der Waals surface area contributed by atoms with E-state index in [2.05, 4.69) is 0 Å². The molecule has 0 bridgehead atoms. The van der Waals surface area contributed by atoms with Gasteiger partial charge in [0.2, 0.25) is 0 Å². The lowest BCUT2D eigenvalue weighted by atomic mass is 9.95. The Kier molecular flexibility index (Phi) is 6.01. The van der Waals surface area contributed by atoms with Gasteiger partial charge in [0.1, 0.15) is 26.0 Å². The van der Waals surface area contributed by atoms with Gasteiger partial charge in [-0.3, -0.25) is 0 Å². The number of rotatable bonds is 7. The molecule has 0 aromatic heterocycles. The summed E-state index contributed by atoms with van der Waals surface area (Å²) in [5, 5.41) is 0. The molecule has 0 fully saturated rings. The summed E-state index contributed by atoms with van der Waals surface area (Å²) in [4.78, 5) is 0. The van der Waals surface area contributed by atoms with Crippen molar-refractivity contribution in [3.05, 3.63) is 24.0 Å². The number of hydrogen-bond acceptors (Lipinski definition) is 3. The number of benzene rings is 1. The van der Waals surface area contributed by atoms with Crippen molar-refractivity contribution in [3.63, 3.8) is 0 Å². The molecular formula is C12H16BFO3. The maximum atomic E-state index is 12.9. The summed E-state index contributed by atoms with van der Waals surface area (Å²) < 4.78 is 28.9. The lowest BCUT2D eigenvalue weighted by molar-refractivity contribution is -0.152. The summed E-state index contributed by atoms with van der Waals surface area (Å²) in [6.07, 6.45) is -0.420. The Labute approximate surface area is 102 Å². The Morgan fingerprint density at radius 1 is 1.24 bits per heavy atom. The van der Waals surface area contributed by atoms with Crippen molar-refractivity contribution in [2.24, 2.45) is 0 Å². The monoisotopic (exact) mass is 238 g/mol. The molecule has 0 saturated carbocycles. The van der Waals surface area contributed by atoms with E-state index in [1.54, 1.807) is 0 Å². The Morgan fingerprint density at radius 2 is 1.88 bits per heavy atom. The van der Waals surface area contributed by atoms with Crippen molar-refractivity contribution in [2.75, 3.05) is 19.8 Å². The van der Waals surface area contributed by atoms with Crippen LogP contribution in [-0.2, 0) is 9.47 Å². The minimum absolute atomic E-state index is 0.0619. The van der Waals surface area contributed by atoms with Gasteiger partial charge < -0.3 is 14.2 Å². The lowest BCUT2D eigenvalue weighted by Gasteiger charge is -2.17. The number of hydrogen-bond donors (Lipinski definition) is 0. The second-order valence-electron chi connectivity index (χ2n) is 3.33. The molecule has 1 rings (SSSR count). The van der Waals surface area contributed by atoms with Crippen LogP contribution in [0.4, 0.5) is 4.39 Å². The lowest BCUT2D eigenvalue weighted by Crippen LogP contribution is -2.25. The first-order chi connectivity index (χ1) is 8.17. The highest BCUT2D eigenvalue weighted by atomic mass is 19.1. The highest BCUT2D eigenvalue weighted by Crippen LogP contribution is 2.10. The Balaban J connectivity index is 2.49. The van der Waals surface area contributed by atoms with Gasteiger partial charge in [0.05, 0.1) is 0 Å². The molecule has 92 valence electrons. The molecule has 0 unspecified atom stereocenters. The van der Waals surface area contributed by atoms with Crippen LogP contribution in [0.1, 0.15) is 13.8 Å². The van der Waals surface area contributed by atoms with E-state index < -0.39 is 12.1 Å². The van der Waals surface area contributed by atoms with Gasteiger partial charge in [-0.05, 0) is 32.0 Å². The predicted octanol–water partition coefficient (Wildman–Crippen LogP) is 1.40. The zero-order chi connectivity index (χ0) is 12.7. The van der Waals surface area contributed by atoms with E-state index in [-0.39, 0.29) is 12.1 Å². The van der Waals surface area contributed by atoms with E-state index >= 15 is 0 Å². The topological polar surface area (TPSA) is 27.7 Å². The average Bonchev–Trinajstić information content (AvgIpc) is 2.31. The van der Waals surface area contributed by atoms with Crippen LogP contribution in [-0.4, -0.2) is 34.0 Å². The molecule has 0 N–H and O–H groups in total. The van der Waals surface area contributed by atoms with Crippen LogP contribution < -0.4 is 10.2 Å². The third-order valence-corrected chi connectivity index (χ3v) is 2.06. The molecule has 3 nitrogen and oxygen atoms in total. The first kappa shape index (κ1) is 14.0. The maximum absolute atomic E-state index is 12.9. The van der Waals surface area contributed by atoms with Gasteiger partial charge in [-0.15, -0.1) is 0 Å². The molecule has 0 saturated heterocycles. The minimum atomic E-state index is -0.455. The van der Waals surface area contributed by atoms with E-state index in [0.717, 1.165) is 0 Å².